The Labute approximate surface area is 84.7 Å². The number of aryl methyl sites for hydroxylation is 1. The molecule has 0 spiro atoms. The van der Waals surface area contributed by atoms with E-state index in [0.29, 0.717) is 5.92 Å². The molecule has 1 saturated heterocycles. The van der Waals surface area contributed by atoms with Crippen LogP contribution in [0.25, 0.3) is 0 Å². The van der Waals surface area contributed by atoms with E-state index in [0.717, 1.165) is 19.5 Å². The molecule has 1 aliphatic rings. The van der Waals surface area contributed by atoms with Gasteiger partial charge in [-0.25, -0.2) is 0 Å². The van der Waals surface area contributed by atoms with Gasteiger partial charge in [-0.05, 0) is 25.6 Å². The van der Waals surface area contributed by atoms with Crippen LogP contribution < -0.4 is 5.73 Å². The van der Waals surface area contributed by atoms with Gasteiger partial charge in [0.1, 0.15) is 0 Å². The largest absolute Gasteiger partial charge is 0.326 e. The van der Waals surface area contributed by atoms with E-state index in [4.69, 9.17) is 5.73 Å². The zero-order valence-corrected chi connectivity index (χ0v) is 8.85. The zero-order chi connectivity index (χ0) is 10.1. The molecule has 0 radical (unpaired) electrons. The smallest absolute Gasteiger partial charge is 0.0525 e. The molecule has 4 nitrogen and oxygen atoms in total. The fourth-order valence-electron chi connectivity index (χ4n) is 2.20. The van der Waals surface area contributed by atoms with Crippen LogP contribution >= 0.6 is 0 Å². The molecular formula is C10H18N4. The Morgan fingerprint density at radius 1 is 1.50 bits per heavy atom. The Morgan fingerprint density at radius 2 is 2.29 bits per heavy atom. The summed E-state index contributed by atoms with van der Waals surface area (Å²) >= 11 is 0. The molecule has 14 heavy (non-hydrogen) atoms. The predicted molar refractivity (Wildman–Crippen MR) is 56.0 cm³/mol. The summed E-state index contributed by atoms with van der Waals surface area (Å²) in [5.41, 5.74) is 7.42. The summed E-state index contributed by atoms with van der Waals surface area (Å²) in [6.45, 7) is 2.12. The van der Waals surface area contributed by atoms with Crippen LogP contribution in [-0.4, -0.2) is 40.9 Å². The van der Waals surface area contributed by atoms with Gasteiger partial charge >= 0.3 is 0 Å². The van der Waals surface area contributed by atoms with Gasteiger partial charge in [0.2, 0.25) is 0 Å². The summed E-state index contributed by atoms with van der Waals surface area (Å²) in [6, 6.07) is 0.248. The normalized spacial score (nSPS) is 29.4. The Balaban J connectivity index is 2.11. The third-order valence-electron chi connectivity index (χ3n) is 3.01. The quantitative estimate of drug-likeness (QED) is 0.693. The monoisotopic (exact) mass is 194 g/mol. The van der Waals surface area contributed by atoms with Crippen LogP contribution in [-0.2, 0) is 7.05 Å². The van der Waals surface area contributed by atoms with Gasteiger partial charge in [-0.3, -0.25) is 4.68 Å². The van der Waals surface area contributed by atoms with Gasteiger partial charge < -0.3 is 10.6 Å². The summed E-state index contributed by atoms with van der Waals surface area (Å²) < 4.78 is 1.85. The highest BCUT2D eigenvalue weighted by molar-refractivity contribution is 5.15. The first-order valence-corrected chi connectivity index (χ1v) is 5.09. The highest BCUT2D eigenvalue weighted by Gasteiger charge is 2.26. The predicted octanol–water partition coefficient (Wildman–Crippen LogP) is 0.167. The van der Waals surface area contributed by atoms with E-state index in [1.807, 2.05) is 17.9 Å². The van der Waals surface area contributed by atoms with Crippen molar-refractivity contribution < 1.29 is 0 Å². The molecular weight excluding hydrogens is 176 g/mol. The maximum Gasteiger partial charge on any atom is 0.0525 e. The Morgan fingerprint density at radius 3 is 2.86 bits per heavy atom. The number of likely N-dealkylation sites (N-methyl/N-ethyl adjacent to an activating group) is 1. The van der Waals surface area contributed by atoms with E-state index in [-0.39, 0.29) is 6.04 Å². The fraction of sp³-hybridized carbons (Fsp3) is 0.700. The third kappa shape index (κ3) is 1.81. The Bertz CT molecular complexity index is 307. The minimum absolute atomic E-state index is 0.248. The summed E-state index contributed by atoms with van der Waals surface area (Å²) in [4.78, 5) is 2.29. The van der Waals surface area contributed by atoms with E-state index in [9.17, 15) is 0 Å². The number of rotatable bonds is 1. The number of hydrogen-bond acceptors (Lipinski definition) is 3. The van der Waals surface area contributed by atoms with Gasteiger partial charge in [0, 0.05) is 31.7 Å². The highest BCUT2D eigenvalue weighted by atomic mass is 15.2. The van der Waals surface area contributed by atoms with Crippen molar-refractivity contribution in [2.45, 2.75) is 18.4 Å². The minimum atomic E-state index is 0.248. The molecule has 0 aliphatic carbocycles. The molecule has 0 saturated carbocycles. The molecule has 0 aromatic carbocycles. The molecule has 2 N–H and O–H groups in total. The first kappa shape index (κ1) is 9.68. The summed E-state index contributed by atoms with van der Waals surface area (Å²) in [7, 11) is 4.07. The van der Waals surface area contributed by atoms with Gasteiger partial charge in [-0.15, -0.1) is 0 Å². The number of aromatic nitrogens is 2. The summed E-state index contributed by atoms with van der Waals surface area (Å²) in [5, 5.41) is 4.19. The number of likely N-dealkylation sites (tertiary alicyclic amines) is 1. The van der Waals surface area contributed by atoms with Crippen LogP contribution in [0.1, 0.15) is 17.9 Å². The lowest BCUT2D eigenvalue weighted by Gasteiger charge is -2.34. The van der Waals surface area contributed by atoms with Crippen LogP contribution in [0.2, 0.25) is 0 Å². The number of nitrogens with zero attached hydrogens (tertiary/aromatic N) is 3. The summed E-state index contributed by atoms with van der Waals surface area (Å²) in [6.07, 6.45) is 5.16. The van der Waals surface area contributed by atoms with Crippen LogP contribution in [0.15, 0.2) is 12.4 Å². The molecule has 1 aliphatic heterocycles. The number of nitrogens with two attached hydrogens (primary N) is 1. The van der Waals surface area contributed by atoms with Crippen molar-refractivity contribution in [3.8, 4) is 0 Å². The van der Waals surface area contributed by atoms with E-state index in [1.165, 1.54) is 5.56 Å². The average Bonchev–Trinajstić information content (AvgIpc) is 2.51. The van der Waals surface area contributed by atoms with E-state index in [1.54, 1.807) is 0 Å². The minimum Gasteiger partial charge on any atom is -0.326 e. The van der Waals surface area contributed by atoms with Gasteiger partial charge in [-0.2, -0.15) is 5.10 Å². The van der Waals surface area contributed by atoms with Crippen LogP contribution in [0.3, 0.4) is 0 Å². The lowest BCUT2D eigenvalue weighted by molar-refractivity contribution is 0.228. The second kappa shape index (κ2) is 3.71. The van der Waals surface area contributed by atoms with Gasteiger partial charge in [0.15, 0.2) is 0 Å². The molecule has 0 bridgehead atoms. The van der Waals surface area contributed by atoms with Crippen molar-refractivity contribution in [2.24, 2.45) is 12.8 Å². The molecule has 78 valence electrons. The second-order valence-electron chi connectivity index (χ2n) is 4.27. The maximum absolute atomic E-state index is 6.13. The Hall–Kier alpha value is -0.870. The topological polar surface area (TPSA) is 47.1 Å². The third-order valence-corrected chi connectivity index (χ3v) is 3.01. The van der Waals surface area contributed by atoms with Gasteiger partial charge in [0.05, 0.1) is 6.20 Å². The van der Waals surface area contributed by atoms with Crippen molar-refractivity contribution in [3.63, 3.8) is 0 Å². The molecule has 4 heteroatoms. The van der Waals surface area contributed by atoms with Crippen molar-refractivity contribution in [3.05, 3.63) is 18.0 Å². The highest BCUT2D eigenvalue weighted by Crippen LogP contribution is 2.25. The fourth-order valence-corrected chi connectivity index (χ4v) is 2.20. The standard InChI is InChI=1S/C10H18N4/c1-13-4-3-9(10(11)7-13)8-5-12-14(2)6-8/h5-6,9-10H,3-4,7,11H2,1-2H3/t9-,10+/m1/s1. The molecule has 0 amide bonds. The lowest BCUT2D eigenvalue weighted by atomic mass is 9.88. The number of piperidine rings is 1. The number of hydrogen-bond donors (Lipinski definition) is 1. The first-order valence-electron chi connectivity index (χ1n) is 5.09. The molecule has 2 rings (SSSR count). The molecule has 2 atom stereocenters. The van der Waals surface area contributed by atoms with Gasteiger partial charge in [0.25, 0.3) is 0 Å². The first-order chi connectivity index (χ1) is 6.66. The van der Waals surface area contributed by atoms with Crippen molar-refractivity contribution in [2.75, 3.05) is 20.1 Å². The second-order valence-corrected chi connectivity index (χ2v) is 4.27. The van der Waals surface area contributed by atoms with E-state index < -0.39 is 0 Å². The van der Waals surface area contributed by atoms with Crippen molar-refractivity contribution >= 4 is 0 Å². The Kier molecular flexibility index (Phi) is 2.56. The molecule has 1 aromatic heterocycles. The van der Waals surface area contributed by atoms with E-state index in [2.05, 4.69) is 23.2 Å². The zero-order valence-electron chi connectivity index (χ0n) is 8.85. The molecule has 1 fully saturated rings. The summed E-state index contributed by atoms with van der Waals surface area (Å²) in [5.74, 6) is 0.486. The molecule has 2 heterocycles. The van der Waals surface area contributed by atoms with Crippen LogP contribution in [0.5, 0.6) is 0 Å². The average molecular weight is 194 g/mol. The molecule has 1 aromatic rings. The lowest BCUT2D eigenvalue weighted by Crippen LogP contribution is -2.45. The maximum atomic E-state index is 6.13. The van der Waals surface area contributed by atoms with Crippen LogP contribution in [0, 0.1) is 0 Å². The van der Waals surface area contributed by atoms with E-state index >= 15 is 0 Å². The van der Waals surface area contributed by atoms with Gasteiger partial charge in [-0.1, -0.05) is 0 Å². The van der Waals surface area contributed by atoms with Crippen molar-refractivity contribution in [1.82, 2.24) is 14.7 Å². The molecule has 0 unspecified atom stereocenters. The van der Waals surface area contributed by atoms with Crippen molar-refractivity contribution in [1.29, 1.82) is 0 Å². The van der Waals surface area contributed by atoms with Crippen LogP contribution in [0.4, 0.5) is 0 Å². The SMILES string of the molecule is CN1CC[C@H](c2cnn(C)c2)[C@@H](N)C1.